The minimum absolute atomic E-state index is 0.156. The largest absolute Gasteiger partial charge is 0.493 e. The molecule has 2 N–H and O–H groups in total. The van der Waals surface area contributed by atoms with Gasteiger partial charge in [0.2, 0.25) is 5.91 Å². The Morgan fingerprint density at radius 3 is 2.60 bits per heavy atom. The Morgan fingerprint density at radius 1 is 1.24 bits per heavy atom. The van der Waals surface area contributed by atoms with E-state index in [1.807, 2.05) is 18.2 Å². The average Bonchev–Trinajstić information content (AvgIpc) is 3.18. The van der Waals surface area contributed by atoms with E-state index in [-0.39, 0.29) is 18.2 Å². The highest BCUT2D eigenvalue weighted by Crippen LogP contribution is 2.35. The minimum Gasteiger partial charge on any atom is -0.493 e. The number of benzene rings is 1. The Labute approximate surface area is 145 Å². The fourth-order valence-corrected chi connectivity index (χ4v) is 3.28. The van der Waals surface area contributed by atoms with Gasteiger partial charge in [0.05, 0.1) is 18.9 Å². The molecule has 1 aliphatic rings. The summed E-state index contributed by atoms with van der Waals surface area (Å²) in [5.41, 5.74) is 6.44. The molecule has 25 heavy (non-hydrogen) atoms. The maximum atomic E-state index is 12.1. The first-order valence-electron chi connectivity index (χ1n) is 8.40. The van der Waals surface area contributed by atoms with Gasteiger partial charge in [0, 0.05) is 18.7 Å². The monoisotopic (exact) mass is 345 g/mol. The van der Waals surface area contributed by atoms with E-state index in [0.29, 0.717) is 17.2 Å². The number of rotatable bonds is 6. The fraction of sp³-hybridized carbons (Fsp3) is 0.444. The topological polar surface area (TPSA) is 88.5 Å². The molecule has 7 nitrogen and oxygen atoms in total. The number of nitrogens with zero attached hydrogens (tertiary/aromatic N) is 2. The van der Waals surface area contributed by atoms with Gasteiger partial charge in [0.1, 0.15) is 6.54 Å². The van der Waals surface area contributed by atoms with Gasteiger partial charge in [-0.25, -0.2) is 4.68 Å². The number of hydrogen-bond acceptors (Lipinski definition) is 4. The summed E-state index contributed by atoms with van der Waals surface area (Å²) in [6.45, 7) is -0.156. The highest BCUT2D eigenvalue weighted by atomic mass is 16.5. The Bertz CT molecular complexity index is 831. The number of nitrogens with two attached hydrogens (primary N) is 1. The second-order valence-corrected chi connectivity index (χ2v) is 6.31. The van der Waals surface area contributed by atoms with Crippen molar-refractivity contribution in [2.24, 2.45) is 12.8 Å². The van der Waals surface area contributed by atoms with Gasteiger partial charge in [-0.2, -0.15) is 0 Å². The Kier molecular flexibility index (Phi) is 4.83. The van der Waals surface area contributed by atoms with Crippen LogP contribution in [-0.2, 0) is 18.4 Å². The zero-order valence-corrected chi connectivity index (χ0v) is 14.5. The molecule has 1 aliphatic carbocycles. The molecule has 0 unspecified atom stereocenters. The van der Waals surface area contributed by atoms with Crippen LogP contribution in [-0.4, -0.2) is 28.5 Å². The predicted molar refractivity (Wildman–Crippen MR) is 93.7 cm³/mol. The van der Waals surface area contributed by atoms with E-state index < -0.39 is 5.91 Å². The van der Waals surface area contributed by atoms with Crippen LogP contribution in [0.3, 0.4) is 0 Å². The molecule has 0 radical (unpaired) electrons. The van der Waals surface area contributed by atoms with E-state index in [1.54, 1.807) is 18.8 Å². The number of hydrogen-bond donors (Lipinski definition) is 1. The van der Waals surface area contributed by atoms with Crippen molar-refractivity contribution in [3.63, 3.8) is 0 Å². The zero-order chi connectivity index (χ0) is 18.0. The van der Waals surface area contributed by atoms with Crippen LogP contribution in [0.15, 0.2) is 29.1 Å². The number of ether oxygens (including phenoxy) is 2. The van der Waals surface area contributed by atoms with Crippen LogP contribution in [0.4, 0.5) is 0 Å². The quantitative estimate of drug-likeness (QED) is 0.862. The number of methoxy groups -OCH3 is 1. The van der Waals surface area contributed by atoms with E-state index in [2.05, 4.69) is 0 Å². The molecule has 0 aliphatic heterocycles. The standard InChI is InChI=1S/C18H23N3O4/c1-20-14(10-18(23)21(20)11-17(19)22)12-7-8-15(24-2)16(9-12)25-13-5-3-4-6-13/h7-10,13H,3-6,11H2,1-2H3,(H2,19,22). The first-order valence-corrected chi connectivity index (χ1v) is 8.40. The van der Waals surface area contributed by atoms with Gasteiger partial charge >= 0.3 is 0 Å². The molecule has 3 rings (SSSR count). The van der Waals surface area contributed by atoms with Crippen molar-refractivity contribution in [2.75, 3.05) is 7.11 Å². The number of primary amides is 1. The highest BCUT2D eigenvalue weighted by Gasteiger charge is 2.20. The maximum absolute atomic E-state index is 12.1. The molecular formula is C18H23N3O4. The summed E-state index contributed by atoms with van der Waals surface area (Å²) in [5.74, 6) is 0.772. The summed E-state index contributed by atoms with van der Waals surface area (Å²) in [4.78, 5) is 23.3. The van der Waals surface area contributed by atoms with Gasteiger partial charge in [0.25, 0.3) is 5.56 Å². The maximum Gasteiger partial charge on any atom is 0.267 e. The van der Waals surface area contributed by atoms with Crippen molar-refractivity contribution >= 4 is 5.91 Å². The third-order valence-electron chi connectivity index (χ3n) is 4.59. The second-order valence-electron chi connectivity index (χ2n) is 6.31. The smallest absolute Gasteiger partial charge is 0.267 e. The summed E-state index contributed by atoms with van der Waals surface area (Å²) < 4.78 is 14.4. The van der Waals surface area contributed by atoms with Crippen LogP contribution in [0.5, 0.6) is 11.5 Å². The number of carbonyl (C=O) groups is 1. The molecule has 0 saturated heterocycles. The Morgan fingerprint density at radius 2 is 1.96 bits per heavy atom. The first kappa shape index (κ1) is 17.1. The molecule has 0 spiro atoms. The van der Waals surface area contributed by atoms with Gasteiger partial charge in [-0.3, -0.25) is 14.3 Å². The SMILES string of the molecule is COc1ccc(-c2cc(=O)n(CC(N)=O)n2C)cc1OC1CCCC1. The molecule has 1 aromatic heterocycles. The number of amides is 1. The van der Waals surface area contributed by atoms with E-state index in [9.17, 15) is 9.59 Å². The minimum atomic E-state index is -0.560. The van der Waals surface area contributed by atoms with Crippen molar-refractivity contribution < 1.29 is 14.3 Å². The zero-order valence-electron chi connectivity index (χ0n) is 14.5. The van der Waals surface area contributed by atoms with Crippen molar-refractivity contribution in [2.45, 2.75) is 38.3 Å². The number of aromatic nitrogens is 2. The normalized spacial score (nSPS) is 14.6. The lowest BCUT2D eigenvalue weighted by atomic mass is 10.1. The first-order chi connectivity index (χ1) is 12.0. The van der Waals surface area contributed by atoms with Gasteiger partial charge in [-0.15, -0.1) is 0 Å². The fourth-order valence-electron chi connectivity index (χ4n) is 3.28. The molecule has 134 valence electrons. The van der Waals surface area contributed by atoms with Gasteiger partial charge < -0.3 is 15.2 Å². The van der Waals surface area contributed by atoms with Crippen LogP contribution in [0.25, 0.3) is 11.3 Å². The third-order valence-corrected chi connectivity index (χ3v) is 4.59. The van der Waals surface area contributed by atoms with Crippen molar-refractivity contribution in [3.05, 3.63) is 34.6 Å². The molecular weight excluding hydrogens is 322 g/mol. The summed E-state index contributed by atoms with van der Waals surface area (Å²) >= 11 is 0. The molecule has 1 saturated carbocycles. The lowest BCUT2D eigenvalue weighted by molar-refractivity contribution is -0.118. The van der Waals surface area contributed by atoms with Crippen molar-refractivity contribution in [1.29, 1.82) is 0 Å². The summed E-state index contributed by atoms with van der Waals surface area (Å²) in [7, 11) is 3.33. The third kappa shape index (κ3) is 3.55. The molecule has 7 heteroatoms. The lowest BCUT2D eigenvalue weighted by Gasteiger charge is -2.17. The molecule has 2 aromatic rings. The summed E-state index contributed by atoms with van der Waals surface area (Å²) in [6, 6.07) is 7.06. The van der Waals surface area contributed by atoms with Gasteiger partial charge in [-0.05, 0) is 43.9 Å². The van der Waals surface area contributed by atoms with E-state index in [0.717, 1.165) is 18.4 Å². The summed E-state index contributed by atoms with van der Waals surface area (Å²) in [6.07, 6.45) is 4.64. The van der Waals surface area contributed by atoms with Crippen LogP contribution in [0.1, 0.15) is 25.7 Å². The predicted octanol–water partition coefficient (Wildman–Crippen LogP) is 1.67. The van der Waals surface area contributed by atoms with Crippen LogP contribution >= 0.6 is 0 Å². The van der Waals surface area contributed by atoms with Gasteiger partial charge in [0.15, 0.2) is 11.5 Å². The van der Waals surface area contributed by atoms with Crippen LogP contribution < -0.4 is 20.8 Å². The van der Waals surface area contributed by atoms with Gasteiger partial charge in [-0.1, -0.05) is 0 Å². The van der Waals surface area contributed by atoms with Crippen molar-refractivity contribution in [1.82, 2.24) is 9.36 Å². The van der Waals surface area contributed by atoms with E-state index in [4.69, 9.17) is 15.2 Å². The second kappa shape index (κ2) is 7.04. The molecule has 0 atom stereocenters. The Hall–Kier alpha value is -2.70. The van der Waals surface area contributed by atoms with E-state index >= 15 is 0 Å². The lowest BCUT2D eigenvalue weighted by Crippen LogP contribution is -2.29. The molecule has 1 heterocycles. The number of carbonyl (C=O) groups excluding carboxylic acids is 1. The Balaban J connectivity index is 1.97. The average molecular weight is 345 g/mol. The van der Waals surface area contributed by atoms with E-state index in [1.165, 1.54) is 23.6 Å². The molecule has 0 bridgehead atoms. The molecule has 1 aromatic carbocycles. The summed E-state index contributed by atoms with van der Waals surface area (Å²) in [5, 5.41) is 0. The molecule has 1 fully saturated rings. The van der Waals surface area contributed by atoms with Crippen LogP contribution in [0.2, 0.25) is 0 Å². The highest BCUT2D eigenvalue weighted by molar-refractivity contribution is 5.73. The van der Waals surface area contributed by atoms with Crippen molar-refractivity contribution in [3.8, 4) is 22.8 Å². The van der Waals surface area contributed by atoms with Crippen LogP contribution in [0, 0.1) is 0 Å². The molecule has 1 amide bonds.